The summed E-state index contributed by atoms with van der Waals surface area (Å²) in [4.78, 5) is 0. The van der Waals surface area contributed by atoms with Crippen LogP contribution in [0.1, 0.15) is 142 Å². The van der Waals surface area contributed by atoms with E-state index in [1.54, 1.807) is 12.8 Å². The van der Waals surface area contributed by atoms with Crippen LogP contribution in [-0.4, -0.2) is 0 Å². The van der Waals surface area contributed by atoms with Crippen molar-refractivity contribution in [3.63, 3.8) is 0 Å². The Morgan fingerprint density at radius 3 is 1.63 bits per heavy atom. The quantitative estimate of drug-likeness (QED) is 0.327. The Hall–Kier alpha value is -0.510. The molecule has 30 heavy (non-hydrogen) atoms. The summed E-state index contributed by atoms with van der Waals surface area (Å²) in [6.45, 7) is 4.56. The van der Waals surface area contributed by atoms with Crippen molar-refractivity contribution >= 4 is 0 Å². The third-order valence-corrected chi connectivity index (χ3v) is 9.71. The summed E-state index contributed by atoms with van der Waals surface area (Å²) in [5, 5.41) is 9.70. The summed E-state index contributed by atoms with van der Waals surface area (Å²) in [6.07, 6.45) is 28.3. The van der Waals surface area contributed by atoms with Crippen LogP contribution < -0.4 is 0 Å². The molecule has 0 heterocycles. The lowest BCUT2D eigenvalue weighted by atomic mass is 9.62. The molecule has 0 aromatic carbocycles. The lowest BCUT2D eigenvalue weighted by molar-refractivity contribution is 0.0902. The van der Waals surface area contributed by atoms with E-state index >= 15 is 0 Å². The Bertz CT molecular complexity index is 493. The second kappa shape index (κ2) is 12.5. The van der Waals surface area contributed by atoms with E-state index < -0.39 is 0 Å². The monoisotopic (exact) mass is 413 g/mol. The number of rotatable bonds is 10. The Kier molecular flexibility index (Phi) is 10.1. The molecule has 3 aliphatic rings. The first-order valence-electron chi connectivity index (χ1n) is 14.1. The highest BCUT2D eigenvalue weighted by atomic mass is 14.4. The molecular weight excluding hydrogens is 362 g/mol. The summed E-state index contributed by atoms with van der Waals surface area (Å²) in [5.74, 6) is 5.09. The summed E-state index contributed by atoms with van der Waals surface area (Å²) in [6, 6.07) is 2.72. The zero-order valence-corrected chi connectivity index (χ0v) is 20.5. The molecule has 3 aliphatic carbocycles. The van der Waals surface area contributed by atoms with Gasteiger partial charge in [-0.2, -0.15) is 5.26 Å². The smallest absolute Gasteiger partial charge is 0.0689 e. The molecule has 3 fully saturated rings. The van der Waals surface area contributed by atoms with Crippen LogP contribution in [0.15, 0.2) is 0 Å². The molecule has 1 heteroatoms. The normalized spacial score (nSPS) is 37.6. The minimum absolute atomic E-state index is 0.0388. The average molecular weight is 414 g/mol. The molecule has 0 radical (unpaired) electrons. The molecule has 0 saturated heterocycles. The van der Waals surface area contributed by atoms with Gasteiger partial charge in [-0.05, 0) is 100 Å². The van der Waals surface area contributed by atoms with Gasteiger partial charge in [-0.1, -0.05) is 71.6 Å². The Balaban J connectivity index is 1.31. The number of nitrogens with zero attached hydrogens (tertiary/aromatic N) is 1. The lowest BCUT2D eigenvalue weighted by Crippen LogP contribution is -2.32. The van der Waals surface area contributed by atoms with E-state index in [1.165, 1.54) is 109 Å². The van der Waals surface area contributed by atoms with Gasteiger partial charge in [-0.15, -0.1) is 0 Å². The second-order valence-corrected chi connectivity index (χ2v) is 11.6. The maximum Gasteiger partial charge on any atom is 0.0689 e. The molecule has 3 saturated carbocycles. The Morgan fingerprint density at radius 2 is 1.13 bits per heavy atom. The molecular formula is C29H51N. The number of hydrogen-bond acceptors (Lipinski definition) is 1. The molecule has 1 nitrogen and oxygen atoms in total. The fraction of sp³-hybridized carbons (Fsp3) is 0.966. The Labute approximate surface area is 188 Å². The minimum atomic E-state index is 0.0388. The molecule has 0 aromatic heterocycles. The highest BCUT2D eigenvalue weighted by Crippen LogP contribution is 2.49. The average Bonchev–Trinajstić information content (AvgIpc) is 2.80. The minimum Gasteiger partial charge on any atom is -0.198 e. The van der Waals surface area contributed by atoms with Gasteiger partial charge in [0, 0.05) is 0 Å². The van der Waals surface area contributed by atoms with Crippen LogP contribution >= 0.6 is 0 Å². The van der Waals surface area contributed by atoms with Crippen LogP contribution in [0.4, 0.5) is 0 Å². The van der Waals surface area contributed by atoms with Crippen LogP contribution in [0.2, 0.25) is 0 Å². The van der Waals surface area contributed by atoms with E-state index in [1.807, 2.05) is 0 Å². The predicted molar refractivity (Wildman–Crippen MR) is 129 cm³/mol. The van der Waals surface area contributed by atoms with Gasteiger partial charge in [-0.25, -0.2) is 0 Å². The Morgan fingerprint density at radius 1 is 0.633 bits per heavy atom. The fourth-order valence-corrected chi connectivity index (χ4v) is 7.63. The van der Waals surface area contributed by atoms with Gasteiger partial charge in [0.2, 0.25) is 0 Å². The molecule has 0 unspecified atom stereocenters. The van der Waals surface area contributed by atoms with E-state index in [-0.39, 0.29) is 5.41 Å². The van der Waals surface area contributed by atoms with Crippen molar-refractivity contribution < 1.29 is 0 Å². The molecule has 0 atom stereocenters. The number of hydrogen-bond donors (Lipinski definition) is 0. The zero-order valence-electron chi connectivity index (χ0n) is 20.5. The summed E-state index contributed by atoms with van der Waals surface area (Å²) < 4.78 is 0. The fourth-order valence-electron chi connectivity index (χ4n) is 7.63. The van der Waals surface area contributed by atoms with Gasteiger partial charge in [0.1, 0.15) is 0 Å². The first-order valence-corrected chi connectivity index (χ1v) is 14.1. The highest BCUT2D eigenvalue weighted by molar-refractivity contribution is 5.02. The topological polar surface area (TPSA) is 23.8 Å². The van der Waals surface area contributed by atoms with Gasteiger partial charge in [0.15, 0.2) is 0 Å². The molecule has 0 N–H and O–H groups in total. The highest BCUT2D eigenvalue weighted by Gasteiger charge is 2.39. The molecule has 0 amide bonds. The van der Waals surface area contributed by atoms with Crippen molar-refractivity contribution in [3.8, 4) is 6.07 Å². The van der Waals surface area contributed by atoms with Gasteiger partial charge in [0.25, 0.3) is 0 Å². The number of nitriles is 1. The van der Waals surface area contributed by atoms with E-state index in [9.17, 15) is 5.26 Å². The summed E-state index contributed by atoms with van der Waals surface area (Å²) in [5.41, 5.74) is 0.0388. The van der Waals surface area contributed by atoms with Crippen LogP contribution in [0, 0.1) is 46.3 Å². The molecule has 172 valence electrons. The van der Waals surface area contributed by atoms with Gasteiger partial charge < -0.3 is 0 Å². The third kappa shape index (κ3) is 6.74. The van der Waals surface area contributed by atoms with Crippen molar-refractivity contribution in [3.05, 3.63) is 0 Å². The number of unbranched alkanes of at least 4 members (excludes halogenated alkanes) is 4. The molecule has 0 spiro atoms. The van der Waals surface area contributed by atoms with E-state index in [0.717, 1.165) is 36.0 Å². The third-order valence-electron chi connectivity index (χ3n) is 9.71. The summed E-state index contributed by atoms with van der Waals surface area (Å²) >= 11 is 0. The lowest BCUT2D eigenvalue weighted by Gasteiger charge is -2.43. The SMILES string of the molecule is CCCCCCCC1CCC(C2CCC(C3CCC(C#N)(CCC)CC3)CC2)CC1. The van der Waals surface area contributed by atoms with Gasteiger partial charge in [0.05, 0.1) is 11.5 Å². The van der Waals surface area contributed by atoms with Crippen LogP contribution in [0.3, 0.4) is 0 Å². The van der Waals surface area contributed by atoms with Crippen molar-refractivity contribution in [1.82, 2.24) is 0 Å². The second-order valence-electron chi connectivity index (χ2n) is 11.6. The predicted octanol–water partition coefficient (Wildman–Crippen LogP) is 9.46. The van der Waals surface area contributed by atoms with Gasteiger partial charge >= 0.3 is 0 Å². The zero-order chi connectivity index (χ0) is 21.2. The van der Waals surface area contributed by atoms with Crippen molar-refractivity contribution in [2.24, 2.45) is 35.0 Å². The standard InChI is InChI=1S/C29H51N/c1-3-5-6-7-8-9-24-10-12-25(13-11-24)26-14-16-27(17-15-26)28-18-21-29(23-30,20-4-2)22-19-28/h24-28H,3-22H2,1-2H3. The first-order chi connectivity index (χ1) is 14.7. The molecule has 0 bridgehead atoms. The molecule has 0 aromatic rings. The van der Waals surface area contributed by atoms with Crippen molar-refractivity contribution in [2.45, 2.75) is 142 Å². The maximum atomic E-state index is 9.70. The van der Waals surface area contributed by atoms with Crippen LogP contribution in [0.25, 0.3) is 0 Å². The largest absolute Gasteiger partial charge is 0.198 e. The van der Waals surface area contributed by atoms with Crippen LogP contribution in [0.5, 0.6) is 0 Å². The maximum absolute atomic E-state index is 9.70. The van der Waals surface area contributed by atoms with Crippen molar-refractivity contribution in [2.75, 3.05) is 0 Å². The first kappa shape index (κ1) is 24.1. The van der Waals surface area contributed by atoms with Crippen molar-refractivity contribution in [1.29, 1.82) is 5.26 Å². The van der Waals surface area contributed by atoms with Gasteiger partial charge in [-0.3, -0.25) is 0 Å². The van der Waals surface area contributed by atoms with E-state index in [4.69, 9.17) is 0 Å². The van der Waals surface area contributed by atoms with E-state index in [0.29, 0.717) is 0 Å². The molecule has 3 rings (SSSR count). The molecule has 0 aliphatic heterocycles. The van der Waals surface area contributed by atoms with E-state index in [2.05, 4.69) is 19.9 Å². The van der Waals surface area contributed by atoms with Crippen LogP contribution in [-0.2, 0) is 0 Å². The summed E-state index contributed by atoms with van der Waals surface area (Å²) in [7, 11) is 0.